The number of carbonyl (C=O) groups excluding carboxylic acids is 1. The van der Waals surface area contributed by atoms with Crippen molar-refractivity contribution in [2.45, 2.75) is 26.5 Å². The van der Waals surface area contributed by atoms with Gasteiger partial charge in [0, 0.05) is 6.54 Å². The van der Waals surface area contributed by atoms with Crippen molar-refractivity contribution in [1.29, 1.82) is 0 Å². The number of nitrogens with one attached hydrogen (secondary N) is 1. The maximum atomic E-state index is 11.2. The summed E-state index contributed by atoms with van der Waals surface area (Å²) in [5, 5.41) is 4.15. The molecule has 2 aromatic rings. The topological polar surface area (TPSA) is 95.3 Å². The Kier molecular flexibility index (Phi) is 4.19. The molecule has 0 aliphatic heterocycles. The van der Waals surface area contributed by atoms with E-state index in [0.29, 0.717) is 17.1 Å². The molecule has 0 aromatic carbocycles. The first kappa shape index (κ1) is 13.2. The number of hydrogen-bond donors (Lipinski definition) is 2. The summed E-state index contributed by atoms with van der Waals surface area (Å²) in [4.78, 5) is 11.2. The molecule has 2 aromatic heterocycles. The lowest BCUT2D eigenvalue weighted by Gasteiger charge is -1.99. The van der Waals surface area contributed by atoms with Crippen LogP contribution in [0.15, 0.2) is 29.1 Å². The number of aromatic nitrogens is 2. The first-order valence-corrected chi connectivity index (χ1v) is 5.96. The summed E-state index contributed by atoms with van der Waals surface area (Å²) in [5.74, 6) is 5.83. The van der Waals surface area contributed by atoms with Gasteiger partial charge in [-0.3, -0.25) is 14.9 Å². The molecular weight excluding hydrogens is 248 g/mol. The van der Waals surface area contributed by atoms with E-state index in [1.54, 1.807) is 12.3 Å². The molecule has 0 atom stereocenters. The predicted octanol–water partition coefficient (Wildman–Crippen LogP) is 1.07. The Hall–Kier alpha value is -2.28. The molecule has 7 heteroatoms. The number of nitrogens with zero attached hydrogens (tertiary/aromatic N) is 2. The van der Waals surface area contributed by atoms with Crippen molar-refractivity contribution in [3.63, 3.8) is 0 Å². The molecule has 2 heterocycles. The molecule has 102 valence electrons. The van der Waals surface area contributed by atoms with Crippen LogP contribution in [0.4, 0.5) is 0 Å². The van der Waals surface area contributed by atoms with Gasteiger partial charge < -0.3 is 9.15 Å². The number of hydrogen-bond acceptors (Lipinski definition) is 5. The highest BCUT2D eigenvalue weighted by Crippen LogP contribution is 2.13. The Morgan fingerprint density at radius 3 is 3.21 bits per heavy atom. The zero-order chi connectivity index (χ0) is 13.7. The van der Waals surface area contributed by atoms with Gasteiger partial charge in [-0.1, -0.05) is 6.92 Å². The minimum Gasteiger partial charge on any atom is -0.482 e. The average molecular weight is 264 g/mol. The SMILES string of the molecule is CCCn1cc(OCc2cc(C(=O)NN)co2)cn1. The van der Waals surface area contributed by atoms with Gasteiger partial charge in [-0.25, -0.2) is 5.84 Å². The van der Waals surface area contributed by atoms with Crippen molar-refractivity contribution >= 4 is 5.91 Å². The summed E-state index contributed by atoms with van der Waals surface area (Å²) >= 11 is 0. The van der Waals surface area contributed by atoms with E-state index in [4.69, 9.17) is 15.0 Å². The first-order chi connectivity index (χ1) is 9.22. The predicted molar refractivity (Wildman–Crippen MR) is 67.2 cm³/mol. The Labute approximate surface area is 110 Å². The molecule has 3 N–H and O–H groups in total. The van der Waals surface area contributed by atoms with Gasteiger partial charge in [0.25, 0.3) is 5.91 Å². The van der Waals surface area contributed by atoms with Crippen molar-refractivity contribution in [2.75, 3.05) is 0 Å². The van der Waals surface area contributed by atoms with Gasteiger partial charge >= 0.3 is 0 Å². The van der Waals surface area contributed by atoms with Gasteiger partial charge in [-0.15, -0.1) is 0 Å². The van der Waals surface area contributed by atoms with Gasteiger partial charge in [0.15, 0.2) is 5.75 Å². The molecule has 2 rings (SSSR count). The molecule has 0 aliphatic carbocycles. The highest BCUT2D eigenvalue weighted by Gasteiger charge is 2.09. The van der Waals surface area contributed by atoms with Crippen molar-refractivity contribution in [3.05, 3.63) is 36.0 Å². The third-order valence-corrected chi connectivity index (χ3v) is 2.49. The maximum absolute atomic E-state index is 11.2. The third kappa shape index (κ3) is 3.35. The molecular formula is C12H16N4O3. The fourth-order valence-corrected chi connectivity index (χ4v) is 1.58. The standard InChI is InChI=1S/C12H16N4O3/c1-2-3-16-6-11(5-14-16)19-8-10-4-9(7-18-10)12(17)15-13/h4-7H,2-3,8,13H2,1H3,(H,15,17). The van der Waals surface area contributed by atoms with Crippen LogP contribution in [0.2, 0.25) is 0 Å². The largest absolute Gasteiger partial charge is 0.482 e. The molecule has 0 spiro atoms. The van der Waals surface area contributed by atoms with E-state index in [1.807, 2.05) is 16.3 Å². The second-order valence-electron chi connectivity index (χ2n) is 4.00. The van der Waals surface area contributed by atoms with Gasteiger partial charge in [0.2, 0.25) is 0 Å². The number of aryl methyl sites for hydroxylation is 1. The Morgan fingerprint density at radius 1 is 1.63 bits per heavy atom. The van der Waals surface area contributed by atoms with Crippen LogP contribution in [0, 0.1) is 0 Å². The van der Waals surface area contributed by atoms with Crippen molar-refractivity contribution in [2.24, 2.45) is 5.84 Å². The van der Waals surface area contributed by atoms with E-state index in [0.717, 1.165) is 13.0 Å². The fourth-order valence-electron chi connectivity index (χ4n) is 1.58. The molecule has 0 unspecified atom stereocenters. The highest BCUT2D eigenvalue weighted by molar-refractivity contribution is 5.93. The van der Waals surface area contributed by atoms with Gasteiger partial charge in [0.1, 0.15) is 18.6 Å². The number of hydrazine groups is 1. The number of nitrogens with two attached hydrogens (primary N) is 1. The van der Waals surface area contributed by atoms with Crippen molar-refractivity contribution in [1.82, 2.24) is 15.2 Å². The van der Waals surface area contributed by atoms with Crippen LogP contribution in [0.3, 0.4) is 0 Å². The summed E-state index contributed by atoms with van der Waals surface area (Å²) in [7, 11) is 0. The fraction of sp³-hybridized carbons (Fsp3) is 0.333. The molecule has 0 fully saturated rings. The summed E-state index contributed by atoms with van der Waals surface area (Å²) < 4.78 is 12.5. The van der Waals surface area contributed by atoms with Crippen LogP contribution in [-0.2, 0) is 13.2 Å². The number of amides is 1. The second kappa shape index (κ2) is 6.05. The Morgan fingerprint density at radius 2 is 2.47 bits per heavy atom. The summed E-state index contributed by atoms with van der Waals surface area (Å²) in [6, 6.07) is 1.58. The van der Waals surface area contributed by atoms with Gasteiger partial charge in [-0.05, 0) is 12.5 Å². The van der Waals surface area contributed by atoms with E-state index >= 15 is 0 Å². The average Bonchev–Trinajstić information content (AvgIpc) is 3.05. The molecule has 0 aliphatic rings. The minimum absolute atomic E-state index is 0.232. The number of rotatable bonds is 6. The van der Waals surface area contributed by atoms with Crippen LogP contribution in [0.1, 0.15) is 29.5 Å². The third-order valence-electron chi connectivity index (χ3n) is 2.49. The van der Waals surface area contributed by atoms with E-state index in [1.165, 1.54) is 6.26 Å². The lowest BCUT2D eigenvalue weighted by molar-refractivity contribution is 0.0953. The normalized spacial score (nSPS) is 10.4. The van der Waals surface area contributed by atoms with E-state index in [2.05, 4.69) is 12.0 Å². The minimum atomic E-state index is -0.397. The molecule has 0 radical (unpaired) electrons. The monoisotopic (exact) mass is 264 g/mol. The molecule has 19 heavy (non-hydrogen) atoms. The summed E-state index contributed by atoms with van der Waals surface area (Å²) in [6.07, 6.45) is 5.81. The van der Waals surface area contributed by atoms with Gasteiger partial charge in [-0.2, -0.15) is 5.10 Å². The van der Waals surface area contributed by atoms with Crippen LogP contribution in [0.25, 0.3) is 0 Å². The molecule has 0 saturated carbocycles. The number of carbonyl (C=O) groups is 1. The first-order valence-electron chi connectivity index (χ1n) is 5.96. The number of ether oxygens (including phenoxy) is 1. The van der Waals surface area contributed by atoms with Crippen LogP contribution >= 0.6 is 0 Å². The van der Waals surface area contributed by atoms with Crippen molar-refractivity contribution < 1.29 is 13.9 Å². The van der Waals surface area contributed by atoms with Crippen LogP contribution in [-0.4, -0.2) is 15.7 Å². The molecule has 1 amide bonds. The lowest BCUT2D eigenvalue weighted by atomic mass is 10.3. The lowest BCUT2D eigenvalue weighted by Crippen LogP contribution is -2.29. The second-order valence-corrected chi connectivity index (χ2v) is 4.00. The summed E-state index contributed by atoms with van der Waals surface area (Å²) in [5.41, 5.74) is 2.40. The van der Waals surface area contributed by atoms with Gasteiger partial charge in [0.05, 0.1) is 18.0 Å². The van der Waals surface area contributed by atoms with E-state index < -0.39 is 5.91 Å². The molecule has 7 nitrogen and oxygen atoms in total. The zero-order valence-corrected chi connectivity index (χ0v) is 10.6. The maximum Gasteiger partial charge on any atom is 0.268 e. The van der Waals surface area contributed by atoms with Crippen LogP contribution in [0.5, 0.6) is 5.75 Å². The van der Waals surface area contributed by atoms with Crippen molar-refractivity contribution in [3.8, 4) is 5.75 Å². The summed E-state index contributed by atoms with van der Waals surface area (Å²) in [6.45, 7) is 3.16. The smallest absolute Gasteiger partial charge is 0.268 e. The molecule has 0 saturated heterocycles. The quantitative estimate of drug-likeness (QED) is 0.462. The zero-order valence-electron chi connectivity index (χ0n) is 10.6. The Balaban J connectivity index is 1.90. The number of furan rings is 1. The molecule has 0 bridgehead atoms. The number of nitrogen functional groups attached to an aromatic ring is 1. The van der Waals surface area contributed by atoms with E-state index in [9.17, 15) is 4.79 Å². The van der Waals surface area contributed by atoms with E-state index in [-0.39, 0.29) is 6.61 Å². The Bertz CT molecular complexity index is 547. The highest BCUT2D eigenvalue weighted by atomic mass is 16.5. The van der Waals surface area contributed by atoms with Crippen LogP contribution < -0.4 is 16.0 Å².